The molecule has 0 radical (unpaired) electrons. The highest BCUT2D eigenvalue weighted by Gasteiger charge is 2.16. The number of carbonyl (C=O) groups is 1. The number of amides is 1. The molecule has 2 aromatic carbocycles. The van der Waals surface area contributed by atoms with Crippen LogP contribution < -0.4 is 5.32 Å². The van der Waals surface area contributed by atoms with Crippen LogP contribution in [0.15, 0.2) is 41.6 Å². The second kappa shape index (κ2) is 8.80. The Balaban J connectivity index is 1.73. The molecule has 0 fully saturated rings. The minimum atomic E-state index is -0.123. The lowest BCUT2D eigenvalue weighted by atomic mass is 10.1. The van der Waals surface area contributed by atoms with Gasteiger partial charge in [0.2, 0.25) is 5.91 Å². The van der Waals surface area contributed by atoms with E-state index in [1.165, 1.54) is 11.8 Å². The highest BCUT2D eigenvalue weighted by Crippen LogP contribution is 2.29. The van der Waals surface area contributed by atoms with Gasteiger partial charge in [-0.2, -0.15) is 0 Å². The average Bonchev–Trinajstić information content (AvgIpc) is 3.06. The summed E-state index contributed by atoms with van der Waals surface area (Å²) in [6.45, 7) is 8.74. The summed E-state index contributed by atoms with van der Waals surface area (Å²) in [5, 5.41) is 12.8. The quantitative estimate of drug-likeness (QED) is 0.558. The van der Waals surface area contributed by atoms with Gasteiger partial charge in [0.1, 0.15) is 0 Å². The lowest BCUT2D eigenvalue weighted by Crippen LogP contribution is -2.16. The van der Waals surface area contributed by atoms with E-state index in [0.717, 1.165) is 39.8 Å². The predicted molar refractivity (Wildman–Crippen MR) is 116 cm³/mol. The van der Waals surface area contributed by atoms with Gasteiger partial charge in [0.05, 0.1) is 16.5 Å². The number of aromatic nitrogens is 3. The molecule has 146 valence electrons. The smallest absolute Gasteiger partial charge is 0.234 e. The summed E-state index contributed by atoms with van der Waals surface area (Å²) in [4.78, 5) is 12.5. The van der Waals surface area contributed by atoms with E-state index in [-0.39, 0.29) is 11.7 Å². The van der Waals surface area contributed by atoms with E-state index in [4.69, 9.17) is 11.6 Å². The monoisotopic (exact) mass is 414 g/mol. The van der Waals surface area contributed by atoms with E-state index in [9.17, 15) is 4.79 Å². The molecule has 0 aliphatic rings. The number of halogens is 1. The molecule has 0 bridgehead atoms. The minimum Gasteiger partial charge on any atom is -0.324 e. The topological polar surface area (TPSA) is 59.8 Å². The predicted octanol–water partition coefficient (Wildman–Crippen LogP) is 5.27. The van der Waals surface area contributed by atoms with Crippen LogP contribution >= 0.6 is 23.4 Å². The van der Waals surface area contributed by atoms with Gasteiger partial charge in [-0.05, 0) is 50.5 Å². The number of hydrogen-bond donors (Lipinski definition) is 1. The van der Waals surface area contributed by atoms with Crippen molar-refractivity contribution in [1.82, 2.24) is 14.8 Å². The second-order valence-corrected chi connectivity index (χ2v) is 7.99. The molecule has 1 heterocycles. The van der Waals surface area contributed by atoms with Crippen molar-refractivity contribution in [2.75, 3.05) is 11.1 Å². The van der Waals surface area contributed by atoms with Crippen molar-refractivity contribution in [2.45, 2.75) is 39.4 Å². The van der Waals surface area contributed by atoms with Gasteiger partial charge in [0, 0.05) is 12.1 Å². The fourth-order valence-electron chi connectivity index (χ4n) is 3.08. The Morgan fingerprint density at radius 2 is 1.89 bits per heavy atom. The Morgan fingerprint density at radius 3 is 2.57 bits per heavy atom. The normalized spacial score (nSPS) is 10.9. The zero-order valence-electron chi connectivity index (χ0n) is 16.4. The van der Waals surface area contributed by atoms with E-state index < -0.39 is 0 Å². The molecule has 28 heavy (non-hydrogen) atoms. The Bertz CT molecular complexity index is 992. The minimum absolute atomic E-state index is 0.123. The van der Waals surface area contributed by atoms with Crippen molar-refractivity contribution in [1.29, 1.82) is 0 Å². The van der Waals surface area contributed by atoms with E-state index in [2.05, 4.69) is 28.5 Å². The van der Waals surface area contributed by atoms with Gasteiger partial charge in [-0.15, -0.1) is 10.2 Å². The lowest BCUT2D eigenvalue weighted by molar-refractivity contribution is -0.113. The van der Waals surface area contributed by atoms with Crippen molar-refractivity contribution in [3.63, 3.8) is 0 Å². The van der Waals surface area contributed by atoms with Gasteiger partial charge >= 0.3 is 0 Å². The Labute approximate surface area is 174 Å². The van der Waals surface area contributed by atoms with Gasteiger partial charge in [-0.1, -0.05) is 53.7 Å². The van der Waals surface area contributed by atoms with Crippen LogP contribution in [0.2, 0.25) is 5.02 Å². The van der Waals surface area contributed by atoms with Gasteiger partial charge in [-0.25, -0.2) is 0 Å². The van der Waals surface area contributed by atoms with Crippen LogP contribution in [0.25, 0.3) is 11.4 Å². The first-order chi connectivity index (χ1) is 13.4. The third kappa shape index (κ3) is 4.39. The van der Waals surface area contributed by atoms with E-state index in [1.54, 1.807) is 0 Å². The Kier molecular flexibility index (Phi) is 6.42. The summed E-state index contributed by atoms with van der Waals surface area (Å²) in [5.41, 5.74) is 4.87. The molecule has 0 spiro atoms. The zero-order chi connectivity index (χ0) is 20.3. The summed E-state index contributed by atoms with van der Waals surface area (Å²) < 4.78 is 2.03. The Morgan fingerprint density at radius 1 is 1.14 bits per heavy atom. The first-order valence-corrected chi connectivity index (χ1v) is 10.5. The number of anilines is 1. The van der Waals surface area contributed by atoms with Crippen LogP contribution in [0, 0.1) is 20.8 Å². The molecule has 0 saturated heterocycles. The zero-order valence-corrected chi connectivity index (χ0v) is 18.0. The van der Waals surface area contributed by atoms with Gasteiger partial charge in [-0.3, -0.25) is 4.79 Å². The van der Waals surface area contributed by atoms with Gasteiger partial charge < -0.3 is 9.88 Å². The fraction of sp³-hybridized carbons (Fsp3) is 0.286. The van der Waals surface area contributed by atoms with Crippen LogP contribution in [-0.2, 0) is 11.3 Å². The summed E-state index contributed by atoms with van der Waals surface area (Å²) in [7, 11) is 0. The maximum absolute atomic E-state index is 12.5. The standard InChI is InChI=1S/C21H23ClN4OS/c1-5-26-20(16-9-7-6-8-14(16)3)24-25-21(26)28-12-18(27)23-19-15(4)10-13(2)11-17(19)22/h6-11H,5,12H2,1-4H3,(H,23,27). The molecule has 0 saturated carbocycles. The third-order valence-electron chi connectivity index (χ3n) is 4.45. The molecule has 0 unspecified atom stereocenters. The molecule has 0 aliphatic heterocycles. The summed E-state index contributed by atoms with van der Waals surface area (Å²) >= 11 is 7.65. The number of rotatable bonds is 6. The molecule has 1 aromatic heterocycles. The molecule has 0 atom stereocenters. The van der Waals surface area contributed by atoms with Gasteiger partial charge in [0.25, 0.3) is 0 Å². The molecular weight excluding hydrogens is 392 g/mol. The summed E-state index contributed by atoms with van der Waals surface area (Å²) in [6, 6.07) is 11.9. The number of hydrogen-bond acceptors (Lipinski definition) is 4. The summed E-state index contributed by atoms with van der Waals surface area (Å²) in [5.74, 6) is 0.929. The van der Waals surface area contributed by atoms with Crippen LogP contribution in [0.1, 0.15) is 23.6 Å². The highest BCUT2D eigenvalue weighted by atomic mass is 35.5. The molecule has 3 rings (SSSR count). The number of carbonyl (C=O) groups excluding carboxylic acids is 1. The molecule has 1 amide bonds. The van der Waals surface area contributed by atoms with Crippen LogP contribution in [-0.4, -0.2) is 26.4 Å². The number of thioether (sulfide) groups is 1. The molecule has 1 N–H and O–H groups in total. The largest absolute Gasteiger partial charge is 0.324 e. The first kappa shape index (κ1) is 20.4. The van der Waals surface area contributed by atoms with E-state index >= 15 is 0 Å². The maximum atomic E-state index is 12.5. The van der Waals surface area contributed by atoms with Gasteiger partial charge in [0.15, 0.2) is 11.0 Å². The third-order valence-corrected chi connectivity index (χ3v) is 5.71. The Hall–Kier alpha value is -2.31. The number of aryl methyl sites for hydroxylation is 3. The molecule has 0 aliphatic carbocycles. The van der Waals surface area contributed by atoms with Crippen LogP contribution in [0.3, 0.4) is 0 Å². The van der Waals surface area contributed by atoms with Crippen molar-refractivity contribution in [2.24, 2.45) is 0 Å². The van der Waals surface area contributed by atoms with Crippen molar-refractivity contribution in [3.05, 3.63) is 58.1 Å². The van der Waals surface area contributed by atoms with E-state index in [1.807, 2.05) is 55.7 Å². The highest BCUT2D eigenvalue weighted by molar-refractivity contribution is 7.99. The number of nitrogens with zero attached hydrogens (tertiary/aromatic N) is 3. The van der Waals surface area contributed by atoms with Crippen LogP contribution in [0.4, 0.5) is 5.69 Å². The van der Waals surface area contributed by atoms with Crippen molar-refractivity contribution in [3.8, 4) is 11.4 Å². The fourth-order valence-corrected chi connectivity index (χ4v) is 4.25. The average molecular weight is 415 g/mol. The molecular formula is C21H23ClN4OS. The number of benzene rings is 2. The second-order valence-electron chi connectivity index (χ2n) is 6.64. The maximum Gasteiger partial charge on any atom is 0.234 e. The molecule has 5 nitrogen and oxygen atoms in total. The van der Waals surface area contributed by atoms with Crippen molar-refractivity contribution < 1.29 is 4.79 Å². The molecule has 3 aromatic rings. The summed E-state index contributed by atoms with van der Waals surface area (Å²) in [6.07, 6.45) is 0. The SMILES string of the molecule is CCn1c(SCC(=O)Nc2c(C)cc(C)cc2Cl)nnc1-c1ccccc1C. The van der Waals surface area contributed by atoms with Crippen molar-refractivity contribution >= 4 is 35.0 Å². The molecule has 7 heteroatoms. The van der Waals surface area contributed by atoms with E-state index in [0.29, 0.717) is 10.7 Å². The van der Waals surface area contributed by atoms with Crippen LogP contribution in [0.5, 0.6) is 0 Å². The number of nitrogens with one attached hydrogen (secondary N) is 1. The lowest BCUT2D eigenvalue weighted by Gasteiger charge is -2.12. The first-order valence-electron chi connectivity index (χ1n) is 9.09.